The first-order chi connectivity index (χ1) is 22.2. The molecule has 0 unspecified atom stereocenters. The molecule has 2 heterocycles. The van der Waals surface area contributed by atoms with Gasteiger partial charge in [-0.1, -0.05) is 44.5 Å². The van der Waals surface area contributed by atoms with Gasteiger partial charge in [0.05, 0.1) is 16.5 Å². The molecule has 0 radical (unpaired) electrons. The molecule has 4 rings (SSSR count). The predicted molar refractivity (Wildman–Crippen MR) is 182 cm³/mol. The Morgan fingerprint density at radius 3 is 2.38 bits per heavy atom. The summed E-state index contributed by atoms with van der Waals surface area (Å²) in [5.74, 6) is 1.81. The minimum Gasteiger partial charge on any atom is -0.406 e. The Labute approximate surface area is 279 Å². The number of anilines is 1. The summed E-state index contributed by atoms with van der Waals surface area (Å²) in [5.41, 5.74) is 4.82. The van der Waals surface area contributed by atoms with Crippen LogP contribution in [0.3, 0.4) is 0 Å². The molecule has 0 spiro atoms. The third-order valence-corrected chi connectivity index (χ3v) is 8.67. The number of rotatable bonds is 10. The number of benzene rings is 2. The van der Waals surface area contributed by atoms with Crippen LogP contribution < -0.4 is 15.0 Å². The largest absolute Gasteiger partial charge is 0.573 e. The summed E-state index contributed by atoms with van der Waals surface area (Å²) in [6, 6.07) is 11.7. The van der Waals surface area contributed by atoms with Crippen molar-refractivity contribution in [3.8, 4) is 11.4 Å². The number of ketones is 1. The van der Waals surface area contributed by atoms with Crippen molar-refractivity contribution in [1.29, 1.82) is 0 Å². The van der Waals surface area contributed by atoms with E-state index in [0.717, 1.165) is 32.4 Å². The summed E-state index contributed by atoms with van der Waals surface area (Å²) in [6.07, 6.45) is -0.0563. The maximum Gasteiger partial charge on any atom is 0.573 e. The smallest absolute Gasteiger partial charge is 0.406 e. The van der Waals surface area contributed by atoms with Gasteiger partial charge in [-0.3, -0.25) is 4.79 Å². The molecule has 13 heteroatoms. The number of carbonyl (C=O) groups is 2. The van der Waals surface area contributed by atoms with Crippen LogP contribution in [0.1, 0.15) is 76.0 Å². The Bertz CT molecular complexity index is 1480. The van der Waals surface area contributed by atoms with E-state index in [1.54, 1.807) is 13.8 Å². The second kappa shape index (κ2) is 17.9. The van der Waals surface area contributed by atoms with Crippen molar-refractivity contribution in [2.75, 3.05) is 30.3 Å². The summed E-state index contributed by atoms with van der Waals surface area (Å²) in [6.45, 7) is 14.4. The number of carbonyl (C=O) groups excluding carboxylic acids is 2. The van der Waals surface area contributed by atoms with Gasteiger partial charge in [-0.2, -0.15) is 9.98 Å². The lowest BCUT2D eigenvalue weighted by atomic mass is 9.94. The zero-order chi connectivity index (χ0) is 34.6. The van der Waals surface area contributed by atoms with Crippen LogP contribution in [0.25, 0.3) is 5.69 Å². The average Bonchev–Trinajstić information content (AvgIpc) is 3.51. The molecule has 9 nitrogen and oxygen atoms in total. The van der Waals surface area contributed by atoms with Gasteiger partial charge in [0.1, 0.15) is 17.9 Å². The van der Waals surface area contributed by atoms with Crippen LogP contribution in [-0.2, 0) is 4.79 Å². The molecule has 0 atom stereocenters. The van der Waals surface area contributed by atoms with Crippen molar-refractivity contribution in [3.63, 3.8) is 0 Å². The third kappa shape index (κ3) is 13.0. The van der Waals surface area contributed by atoms with E-state index in [1.807, 2.05) is 0 Å². The fraction of sp³-hybridized carbons (Fsp3) is 0.500. The monoisotopic (exact) mass is 674 g/mol. The minimum absolute atomic E-state index is 0.122. The number of hydrogen-bond donors (Lipinski definition) is 1. The van der Waals surface area contributed by atoms with Crippen molar-refractivity contribution < 1.29 is 27.5 Å². The van der Waals surface area contributed by atoms with Gasteiger partial charge in [0.25, 0.3) is 0 Å². The molecule has 0 saturated carbocycles. The summed E-state index contributed by atoms with van der Waals surface area (Å²) < 4.78 is 42.4. The van der Waals surface area contributed by atoms with E-state index < -0.39 is 12.4 Å². The zero-order valence-electron chi connectivity index (χ0n) is 27.9. The number of alkyl halides is 3. The number of ether oxygens (including phenoxy) is 1. The van der Waals surface area contributed by atoms with E-state index in [0.29, 0.717) is 47.2 Å². The molecule has 1 aliphatic rings. The van der Waals surface area contributed by atoms with Crippen molar-refractivity contribution in [3.05, 3.63) is 65.5 Å². The Kier molecular flexibility index (Phi) is 14.3. The number of urea groups is 1. The van der Waals surface area contributed by atoms with Gasteiger partial charge in [0.2, 0.25) is 5.95 Å². The van der Waals surface area contributed by atoms with E-state index in [9.17, 15) is 22.8 Å². The average molecular weight is 675 g/mol. The first-order valence-electron chi connectivity index (χ1n) is 15.8. The number of halogens is 3. The lowest BCUT2D eigenvalue weighted by molar-refractivity contribution is -0.274. The molecule has 3 aromatic rings. The van der Waals surface area contributed by atoms with Gasteiger partial charge in [0.15, 0.2) is 0 Å². The third-order valence-electron chi connectivity index (χ3n) is 7.69. The Morgan fingerprint density at radius 2 is 1.79 bits per heavy atom. The number of aromatic nitrogens is 3. The van der Waals surface area contributed by atoms with Gasteiger partial charge in [0, 0.05) is 26.1 Å². The number of Topliss-reactive ketones (excluding diaryl/α,β-unsaturated/α-hetero) is 1. The molecular formula is C34H45F3N6O3S. The summed E-state index contributed by atoms with van der Waals surface area (Å²) in [7, 11) is 0. The van der Waals surface area contributed by atoms with Gasteiger partial charge in [-0.25, -0.2) is 9.48 Å². The fourth-order valence-corrected chi connectivity index (χ4v) is 5.73. The molecule has 0 aliphatic carbocycles. The zero-order valence-corrected chi connectivity index (χ0v) is 28.7. The van der Waals surface area contributed by atoms with Gasteiger partial charge in [-0.05, 0) is 87.3 Å². The molecule has 256 valence electrons. The molecule has 1 aliphatic heterocycles. The number of nitrogens with one attached hydrogen (secondary N) is 1. The minimum atomic E-state index is -4.73. The molecular weight excluding hydrogens is 629 g/mol. The lowest BCUT2D eigenvalue weighted by Gasteiger charge is -2.31. The second-order valence-electron chi connectivity index (χ2n) is 11.8. The second-order valence-corrected chi connectivity index (χ2v) is 13.0. The number of piperidine rings is 1. The van der Waals surface area contributed by atoms with E-state index in [1.165, 1.54) is 63.7 Å². The first kappa shape index (κ1) is 37.6. The van der Waals surface area contributed by atoms with Crippen LogP contribution in [-0.4, -0.2) is 63.4 Å². The van der Waals surface area contributed by atoms with Crippen LogP contribution in [0.15, 0.2) is 53.8 Å². The normalized spacial score (nSPS) is 14.1. The maximum absolute atomic E-state index is 12.3. The standard InChI is InChI=1S/C23H29F3N6O3S.C11H16/c1-3-19(33)14-36-16(2)29-22(34)27-11-8-17-9-12-31(13-10-17)21-28-15-32(30-21)18-4-6-20(7-5-18)35-23(24,25)26;1-8(2)11-7-9(3)5-6-10(11)4/h4-7,15,17H,3,8-14H2,1-2H3,(H,27,34);5-8H,1-4H3/b29-16-;. The quantitative estimate of drug-likeness (QED) is 0.172. The summed E-state index contributed by atoms with van der Waals surface area (Å²) in [5, 5.41) is 7.83. The summed E-state index contributed by atoms with van der Waals surface area (Å²) >= 11 is 1.27. The Hall–Kier alpha value is -3.87. The van der Waals surface area contributed by atoms with Crippen molar-refractivity contribution in [2.24, 2.45) is 10.9 Å². The highest BCUT2D eigenvalue weighted by Gasteiger charge is 2.31. The molecule has 1 N–H and O–H groups in total. The van der Waals surface area contributed by atoms with Gasteiger partial charge in [-0.15, -0.1) is 30.0 Å². The van der Waals surface area contributed by atoms with Gasteiger partial charge < -0.3 is 15.0 Å². The highest BCUT2D eigenvalue weighted by molar-refractivity contribution is 8.14. The van der Waals surface area contributed by atoms with E-state index in [4.69, 9.17) is 0 Å². The SMILES string of the molecule is CCC(=O)CS/C(C)=N\C(=O)NCCC1CCN(c2ncn(-c3ccc(OC(F)(F)F)cc3)n2)CC1.Cc1ccc(C)c(C(C)C)c1. The first-order valence-corrected chi connectivity index (χ1v) is 16.8. The van der Waals surface area contributed by atoms with Crippen LogP contribution in [0, 0.1) is 19.8 Å². The topological polar surface area (TPSA) is 102 Å². The Morgan fingerprint density at radius 1 is 1.11 bits per heavy atom. The Balaban J connectivity index is 0.000000461. The number of nitrogens with zero attached hydrogens (tertiary/aromatic N) is 5. The number of hydrogen-bond acceptors (Lipinski definition) is 7. The van der Waals surface area contributed by atoms with Crippen LogP contribution in [0.4, 0.5) is 23.9 Å². The lowest BCUT2D eigenvalue weighted by Crippen LogP contribution is -2.35. The molecule has 47 heavy (non-hydrogen) atoms. The van der Waals surface area contributed by atoms with Crippen LogP contribution in [0.2, 0.25) is 0 Å². The van der Waals surface area contributed by atoms with Crippen molar-refractivity contribution >= 4 is 34.6 Å². The number of aliphatic imine (C=N–C) groups is 1. The molecule has 0 bridgehead atoms. The number of amides is 2. The predicted octanol–water partition coefficient (Wildman–Crippen LogP) is 8.04. The van der Waals surface area contributed by atoms with Crippen LogP contribution >= 0.6 is 11.8 Å². The van der Waals surface area contributed by atoms with E-state index >= 15 is 0 Å². The highest BCUT2D eigenvalue weighted by Crippen LogP contribution is 2.25. The summed E-state index contributed by atoms with van der Waals surface area (Å²) in [4.78, 5) is 33.7. The molecule has 1 fully saturated rings. The molecule has 1 saturated heterocycles. The fourth-order valence-electron chi connectivity index (χ4n) is 5.01. The number of thioether (sulfide) groups is 1. The van der Waals surface area contributed by atoms with Crippen LogP contribution in [0.5, 0.6) is 5.75 Å². The maximum atomic E-state index is 12.3. The van der Waals surface area contributed by atoms with E-state index in [2.05, 4.69) is 75.9 Å². The highest BCUT2D eigenvalue weighted by atomic mass is 32.2. The van der Waals surface area contributed by atoms with Crippen molar-refractivity contribution in [2.45, 2.75) is 79.5 Å². The molecule has 2 amide bonds. The number of aryl methyl sites for hydroxylation is 2. The van der Waals surface area contributed by atoms with Crippen molar-refractivity contribution in [1.82, 2.24) is 20.1 Å². The van der Waals surface area contributed by atoms with Gasteiger partial charge >= 0.3 is 12.4 Å². The molecule has 1 aromatic heterocycles. The molecule has 2 aromatic carbocycles. The van der Waals surface area contributed by atoms with E-state index in [-0.39, 0.29) is 11.5 Å².